The van der Waals surface area contributed by atoms with Crippen LogP contribution >= 0.6 is 0 Å². The largest absolute Gasteiger partial charge is 0.331 e. The zero-order valence-electron chi connectivity index (χ0n) is 16.2. The molecular weight excluding hydrogens is 368 g/mol. The van der Waals surface area contributed by atoms with Crippen LogP contribution < -0.4 is 0 Å². The minimum Gasteiger partial charge on any atom is -0.331 e. The summed E-state index contributed by atoms with van der Waals surface area (Å²) in [4.78, 5) is 18.7. The SMILES string of the molecule is c1ccc(COC2(OCc3cccnc3)CCCN2OCc2ccncc2)nc1. The highest BCUT2D eigenvalue weighted by molar-refractivity contribution is 5.08. The lowest BCUT2D eigenvalue weighted by Crippen LogP contribution is -2.48. The summed E-state index contributed by atoms with van der Waals surface area (Å²) in [5, 5.41) is 1.81. The van der Waals surface area contributed by atoms with Gasteiger partial charge in [0.15, 0.2) is 0 Å². The van der Waals surface area contributed by atoms with Gasteiger partial charge in [0, 0.05) is 43.9 Å². The number of hydrogen-bond donors (Lipinski definition) is 0. The van der Waals surface area contributed by atoms with Gasteiger partial charge in [-0.1, -0.05) is 12.1 Å². The molecule has 1 unspecified atom stereocenters. The predicted octanol–water partition coefficient (Wildman–Crippen LogP) is 3.49. The van der Waals surface area contributed by atoms with E-state index in [-0.39, 0.29) is 0 Å². The summed E-state index contributed by atoms with van der Waals surface area (Å²) < 4.78 is 12.6. The van der Waals surface area contributed by atoms with Crippen LogP contribution in [0.2, 0.25) is 0 Å². The predicted molar refractivity (Wildman–Crippen MR) is 106 cm³/mol. The molecule has 1 saturated heterocycles. The van der Waals surface area contributed by atoms with Gasteiger partial charge in [0.2, 0.25) is 0 Å². The Bertz CT molecular complexity index is 822. The van der Waals surface area contributed by atoms with Crippen molar-refractivity contribution < 1.29 is 14.3 Å². The Kier molecular flexibility index (Phi) is 6.53. The molecule has 7 heteroatoms. The molecule has 7 nitrogen and oxygen atoms in total. The Morgan fingerprint density at radius 3 is 2.52 bits per heavy atom. The molecule has 0 N–H and O–H groups in total. The molecule has 0 saturated carbocycles. The summed E-state index contributed by atoms with van der Waals surface area (Å²) in [6.45, 7) is 1.86. The van der Waals surface area contributed by atoms with E-state index in [1.54, 1.807) is 31.0 Å². The topological polar surface area (TPSA) is 69.6 Å². The second-order valence-electron chi connectivity index (χ2n) is 6.81. The molecule has 1 aliphatic rings. The maximum atomic E-state index is 6.30. The van der Waals surface area contributed by atoms with Crippen molar-refractivity contribution in [3.05, 3.63) is 90.3 Å². The van der Waals surface area contributed by atoms with Crippen LogP contribution in [0, 0.1) is 0 Å². The van der Waals surface area contributed by atoms with E-state index in [2.05, 4.69) is 15.0 Å². The Morgan fingerprint density at radius 2 is 1.72 bits per heavy atom. The fraction of sp³-hybridized carbons (Fsp3) is 0.318. The van der Waals surface area contributed by atoms with Crippen molar-refractivity contribution in [2.24, 2.45) is 0 Å². The average molecular weight is 392 g/mol. The van der Waals surface area contributed by atoms with Gasteiger partial charge in [0.1, 0.15) is 0 Å². The fourth-order valence-electron chi connectivity index (χ4n) is 3.22. The maximum Gasteiger partial charge on any atom is 0.252 e. The van der Waals surface area contributed by atoms with E-state index in [9.17, 15) is 0 Å². The minimum absolute atomic E-state index is 0.336. The van der Waals surface area contributed by atoms with Crippen LogP contribution in [0.4, 0.5) is 0 Å². The fourth-order valence-corrected chi connectivity index (χ4v) is 3.22. The standard InChI is InChI=1S/C22H24N4O3/c1-2-11-25-21(6-1)18-28-22(27-16-20-5-3-10-24-15-20)9-4-14-26(22)29-17-19-7-12-23-13-8-19/h1-3,5-8,10-13,15H,4,9,14,16-18H2. The molecule has 4 rings (SSSR count). The Labute approximate surface area is 170 Å². The molecule has 0 aliphatic carbocycles. The Hall–Kier alpha value is -2.71. The van der Waals surface area contributed by atoms with Crippen molar-refractivity contribution in [2.75, 3.05) is 6.54 Å². The lowest BCUT2D eigenvalue weighted by atomic mass is 10.3. The third-order valence-corrected chi connectivity index (χ3v) is 4.73. The molecule has 1 fully saturated rings. The Morgan fingerprint density at radius 1 is 0.828 bits per heavy atom. The van der Waals surface area contributed by atoms with Crippen LogP contribution in [0.1, 0.15) is 29.7 Å². The van der Waals surface area contributed by atoms with Crippen molar-refractivity contribution in [3.8, 4) is 0 Å². The van der Waals surface area contributed by atoms with Crippen molar-refractivity contribution in [1.82, 2.24) is 20.0 Å². The van der Waals surface area contributed by atoms with E-state index in [0.717, 1.165) is 29.8 Å². The first kappa shape index (κ1) is 19.6. The summed E-state index contributed by atoms with van der Waals surface area (Å²) in [6.07, 6.45) is 10.4. The van der Waals surface area contributed by atoms with Gasteiger partial charge in [-0.3, -0.25) is 19.8 Å². The smallest absolute Gasteiger partial charge is 0.252 e. The van der Waals surface area contributed by atoms with Crippen LogP contribution in [0.15, 0.2) is 73.4 Å². The van der Waals surface area contributed by atoms with Gasteiger partial charge in [-0.2, -0.15) is 0 Å². The highest BCUT2D eigenvalue weighted by Crippen LogP contribution is 2.34. The number of nitrogens with zero attached hydrogens (tertiary/aromatic N) is 4. The molecule has 29 heavy (non-hydrogen) atoms. The maximum absolute atomic E-state index is 6.30. The Balaban J connectivity index is 1.47. The molecule has 1 aliphatic heterocycles. The molecule has 0 spiro atoms. The van der Waals surface area contributed by atoms with E-state index < -0.39 is 5.91 Å². The van der Waals surface area contributed by atoms with Crippen molar-refractivity contribution >= 4 is 0 Å². The van der Waals surface area contributed by atoms with Gasteiger partial charge < -0.3 is 9.47 Å². The third kappa shape index (κ3) is 5.21. The molecule has 0 bridgehead atoms. The summed E-state index contributed by atoms with van der Waals surface area (Å²) in [5.74, 6) is -0.972. The molecule has 3 aromatic heterocycles. The van der Waals surface area contributed by atoms with E-state index in [0.29, 0.717) is 26.2 Å². The van der Waals surface area contributed by atoms with Crippen molar-refractivity contribution in [3.63, 3.8) is 0 Å². The zero-order chi connectivity index (χ0) is 19.8. The lowest BCUT2D eigenvalue weighted by Gasteiger charge is -2.36. The lowest BCUT2D eigenvalue weighted by molar-refractivity contribution is -0.402. The summed E-state index contributed by atoms with van der Waals surface area (Å²) in [5.41, 5.74) is 2.87. The molecule has 4 heterocycles. The first-order valence-corrected chi connectivity index (χ1v) is 9.70. The van der Waals surface area contributed by atoms with E-state index in [1.807, 2.05) is 47.5 Å². The highest BCUT2D eigenvalue weighted by atomic mass is 16.8. The monoisotopic (exact) mass is 392 g/mol. The number of pyridine rings is 3. The summed E-state index contributed by atoms with van der Waals surface area (Å²) >= 11 is 0. The number of rotatable bonds is 9. The molecule has 150 valence electrons. The summed E-state index contributed by atoms with van der Waals surface area (Å²) in [6, 6.07) is 13.5. The third-order valence-electron chi connectivity index (χ3n) is 4.73. The van der Waals surface area contributed by atoms with Gasteiger partial charge in [-0.15, -0.1) is 5.06 Å². The van der Waals surface area contributed by atoms with Crippen molar-refractivity contribution in [2.45, 2.75) is 38.6 Å². The van der Waals surface area contributed by atoms with Crippen LogP contribution in [-0.2, 0) is 34.1 Å². The average Bonchev–Trinajstić information content (AvgIpc) is 3.20. The van der Waals surface area contributed by atoms with Crippen LogP contribution in [0.25, 0.3) is 0 Å². The van der Waals surface area contributed by atoms with Crippen molar-refractivity contribution in [1.29, 1.82) is 0 Å². The van der Waals surface area contributed by atoms with E-state index in [4.69, 9.17) is 14.3 Å². The number of hydroxylamine groups is 2. The quantitative estimate of drug-likeness (QED) is 0.516. The molecule has 0 radical (unpaired) electrons. The molecule has 3 aromatic rings. The van der Waals surface area contributed by atoms with Gasteiger partial charge >= 0.3 is 0 Å². The normalized spacial score (nSPS) is 19.4. The van der Waals surface area contributed by atoms with Gasteiger partial charge in [0.05, 0.1) is 25.5 Å². The second kappa shape index (κ2) is 9.67. The molecule has 0 aromatic carbocycles. The number of hydrogen-bond acceptors (Lipinski definition) is 7. The van der Waals surface area contributed by atoms with Crippen LogP contribution in [-0.4, -0.2) is 32.5 Å². The number of aromatic nitrogens is 3. The first-order valence-electron chi connectivity index (χ1n) is 9.70. The van der Waals surface area contributed by atoms with Gasteiger partial charge in [-0.05, 0) is 47.9 Å². The highest BCUT2D eigenvalue weighted by Gasteiger charge is 2.45. The first-order chi connectivity index (χ1) is 14.3. The van der Waals surface area contributed by atoms with Gasteiger partial charge in [-0.25, -0.2) is 0 Å². The van der Waals surface area contributed by atoms with Crippen LogP contribution in [0.5, 0.6) is 0 Å². The van der Waals surface area contributed by atoms with E-state index >= 15 is 0 Å². The zero-order valence-corrected chi connectivity index (χ0v) is 16.2. The minimum atomic E-state index is -0.972. The summed E-state index contributed by atoms with van der Waals surface area (Å²) in [7, 11) is 0. The second-order valence-corrected chi connectivity index (χ2v) is 6.81. The number of ether oxygens (including phenoxy) is 2. The van der Waals surface area contributed by atoms with Gasteiger partial charge in [0.25, 0.3) is 5.91 Å². The van der Waals surface area contributed by atoms with E-state index in [1.165, 1.54) is 0 Å². The molecule has 0 amide bonds. The van der Waals surface area contributed by atoms with Crippen LogP contribution in [0.3, 0.4) is 0 Å². The molecule has 1 atom stereocenters. The molecular formula is C22H24N4O3.